The van der Waals surface area contributed by atoms with Crippen molar-refractivity contribution in [1.29, 1.82) is 0 Å². The highest BCUT2D eigenvalue weighted by Gasteiger charge is 2.04. The zero-order valence-corrected chi connectivity index (χ0v) is 9.41. The van der Waals surface area contributed by atoms with Gasteiger partial charge in [-0.2, -0.15) is 0 Å². The first-order chi connectivity index (χ1) is 7.18. The summed E-state index contributed by atoms with van der Waals surface area (Å²) in [7, 11) is 0. The summed E-state index contributed by atoms with van der Waals surface area (Å²) in [5, 5.41) is 4.64. The summed E-state index contributed by atoms with van der Waals surface area (Å²) in [6.07, 6.45) is 1.84. The Balaban J connectivity index is 2.61. The van der Waals surface area contributed by atoms with Crippen LogP contribution >= 0.6 is 0 Å². The first-order valence-electron chi connectivity index (χ1n) is 5.29. The third kappa shape index (κ3) is 1.94. The Bertz CT molecular complexity index is 475. The van der Waals surface area contributed by atoms with Crippen molar-refractivity contribution in [2.75, 3.05) is 5.32 Å². The molecule has 15 heavy (non-hydrogen) atoms. The first-order valence-corrected chi connectivity index (χ1v) is 5.29. The summed E-state index contributed by atoms with van der Waals surface area (Å²) < 4.78 is 0. The van der Waals surface area contributed by atoms with Gasteiger partial charge in [0.05, 0.1) is 5.52 Å². The lowest BCUT2D eigenvalue weighted by atomic mass is 10.1. The van der Waals surface area contributed by atoms with Crippen molar-refractivity contribution in [3.8, 4) is 0 Å². The Morgan fingerprint density at radius 2 is 2.00 bits per heavy atom. The highest BCUT2D eigenvalue weighted by atomic mass is 14.9. The number of anilines is 1. The van der Waals surface area contributed by atoms with Crippen LogP contribution in [0.1, 0.15) is 19.4 Å². The summed E-state index contributed by atoms with van der Waals surface area (Å²) in [5.41, 5.74) is 3.47. The molecule has 0 spiro atoms. The minimum absolute atomic E-state index is 0.441. The summed E-state index contributed by atoms with van der Waals surface area (Å²) >= 11 is 0. The van der Waals surface area contributed by atoms with Gasteiger partial charge in [-0.25, -0.2) is 0 Å². The average molecular weight is 200 g/mol. The summed E-state index contributed by atoms with van der Waals surface area (Å²) in [5.74, 6) is 0. The van der Waals surface area contributed by atoms with E-state index in [9.17, 15) is 0 Å². The van der Waals surface area contributed by atoms with E-state index in [4.69, 9.17) is 0 Å². The second kappa shape index (κ2) is 3.89. The molecule has 0 radical (unpaired) electrons. The van der Waals surface area contributed by atoms with E-state index in [-0.39, 0.29) is 0 Å². The van der Waals surface area contributed by atoms with Gasteiger partial charge in [-0.1, -0.05) is 6.07 Å². The minimum atomic E-state index is 0.441. The van der Waals surface area contributed by atoms with E-state index in [0.29, 0.717) is 6.04 Å². The fourth-order valence-corrected chi connectivity index (χ4v) is 1.75. The molecule has 1 aromatic heterocycles. The van der Waals surface area contributed by atoms with Gasteiger partial charge in [-0.05, 0) is 44.5 Å². The van der Waals surface area contributed by atoms with Crippen LogP contribution in [0, 0.1) is 6.92 Å². The van der Waals surface area contributed by atoms with E-state index in [2.05, 4.69) is 49.3 Å². The van der Waals surface area contributed by atoms with Crippen molar-refractivity contribution in [1.82, 2.24) is 4.98 Å². The maximum absolute atomic E-state index is 4.41. The van der Waals surface area contributed by atoms with E-state index in [0.717, 1.165) is 5.52 Å². The molecule has 0 saturated carbocycles. The summed E-state index contributed by atoms with van der Waals surface area (Å²) in [6, 6.07) is 8.77. The van der Waals surface area contributed by atoms with E-state index in [1.807, 2.05) is 12.3 Å². The van der Waals surface area contributed by atoms with Crippen molar-refractivity contribution in [3.63, 3.8) is 0 Å². The molecule has 0 fully saturated rings. The molecule has 78 valence electrons. The summed E-state index contributed by atoms with van der Waals surface area (Å²) in [6.45, 7) is 6.37. The number of pyridine rings is 1. The highest BCUT2D eigenvalue weighted by molar-refractivity contribution is 5.93. The molecule has 0 atom stereocenters. The largest absolute Gasteiger partial charge is 0.382 e. The number of aromatic nitrogens is 1. The van der Waals surface area contributed by atoms with Gasteiger partial charge >= 0.3 is 0 Å². The first kappa shape index (κ1) is 9.97. The molecular formula is C13H16N2. The third-order valence-electron chi connectivity index (χ3n) is 2.42. The monoisotopic (exact) mass is 200 g/mol. The molecule has 2 aromatic rings. The van der Waals surface area contributed by atoms with Gasteiger partial charge in [-0.3, -0.25) is 4.98 Å². The molecule has 2 heteroatoms. The molecule has 0 aliphatic rings. The Morgan fingerprint density at radius 1 is 1.20 bits per heavy atom. The highest BCUT2D eigenvalue weighted by Crippen LogP contribution is 2.24. The zero-order chi connectivity index (χ0) is 10.8. The van der Waals surface area contributed by atoms with Crippen LogP contribution in [0.25, 0.3) is 10.9 Å². The van der Waals surface area contributed by atoms with Gasteiger partial charge in [0.2, 0.25) is 0 Å². The van der Waals surface area contributed by atoms with Crippen LogP contribution in [0.5, 0.6) is 0 Å². The van der Waals surface area contributed by atoms with E-state index in [1.165, 1.54) is 16.6 Å². The van der Waals surface area contributed by atoms with Gasteiger partial charge in [0.25, 0.3) is 0 Å². The molecule has 1 heterocycles. The Hall–Kier alpha value is -1.57. The molecule has 1 N–H and O–H groups in total. The predicted octanol–water partition coefficient (Wildman–Crippen LogP) is 3.36. The predicted molar refractivity (Wildman–Crippen MR) is 65.2 cm³/mol. The van der Waals surface area contributed by atoms with E-state index < -0.39 is 0 Å². The van der Waals surface area contributed by atoms with Gasteiger partial charge in [0.15, 0.2) is 0 Å². The average Bonchev–Trinajstić information content (AvgIpc) is 2.22. The zero-order valence-electron chi connectivity index (χ0n) is 9.41. The molecular weight excluding hydrogens is 184 g/mol. The molecule has 0 aliphatic heterocycles. The summed E-state index contributed by atoms with van der Waals surface area (Å²) in [4.78, 5) is 4.41. The van der Waals surface area contributed by atoms with Gasteiger partial charge in [0, 0.05) is 23.3 Å². The van der Waals surface area contributed by atoms with Crippen LogP contribution in [0.3, 0.4) is 0 Å². The quantitative estimate of drug-likeness (QED) is 0.804. The minimum Gasteiger partial charge on any atom is -0.382 e. The molecule has 0 amide bonds. The third-order valence-corrected chi connectivity index (χ3v) is 2.42. The Morgan fingerprint density at radius 3 is 2.73 bits per heavy atom. The number of rotatable bonds is 2. The SMILES string of the molecule is Cc1ccc(NC(C)C)c2cccnc12. The van der Waals surface area contributed by atoms with Crippen LogP contribution in [0.15, 0.2) is 30.5 Å². The van der Waals surface area contributed by atoms with Crippen LogP contribution in [-0.4, -0.2) is 11.0 Å². The maximum atomic E-state index is 4.41. The Kier molecular flexibility index (Phi) is 2.58. The van der Waals surface area contributed by atoms with Crippen LogP contribution in [0.4, 0.5) is 5.69 Å². The van der Waals surface area contributed by atoms with E-state index in [1.54, 1.807) is 0 Å². The number of fused-ring (bicyclic) bond motifs is 1. The van der Waals surface area contributed by atoms with Crippen molar-refractivity contribution in [2.45, 2.75) is 26.8 Å². The standard InChI is InChI=1S/C13H16N2/c1-9(2)15-12-7-6-10(3)13-11(12)5-4-8-14-13/h4-9,15H,1-3H3. The number of nitrogens with zero attached hydrogens (tertiary/aromatic N) is 1. The number of aryl methyl sites for hydroxylation is 1. The van der Waals surface area contributed by atoms with Gasteiger partial charge in [-0.15, -0.1) is 0 Å². The lowest BCUT2D eigenvalue weighted by Gasteiger charge is -2.13. The van der Waals surface area contributed by atoms with Gasteiger partial charge in [0.1, 0.15) is 0 Å². The fourth-order valence-electron chi connectivity index (χ4n) is 1.75. The molecule has 1 aromatic carbocycles. The molecule has 2 rings (SSSR count). The molecule has 0 unspecified atom stereocenters. The number of hydrogen-bond acceptors (Lipinski definition) is 2. The lowest BCUT2D eigenvalue weighted by molar-refractivity contribution is 0.901. The molecule has 0 saturated heterocycles. The number of benzene rings is 1. The van der Waals surface area contributed by atoms with Crippen molar-refractivity contribution in [2.24, 2.45) is 0 Å². The molecule has 0 aliphatic carbocycles. The molecule has 0 bridgehead atoms. The molecule has 2 nitrogen and oxygen atoms in total. The smallest absolute Gasteiger partial charge is 0.0751 e. The Labute approximate surface area is 90.3 Å². The second-order valence-corrected chi connectivity index (χ2v) is 4.13. The number of hydrogen-bond donors (Lipinski definition) is 1. The van der Waals surface area contributed by atoms with Crippen LogP contribution in [0.2, 0.25) is 0 Å². The fraction of sp³-hybridized carbons (Fsp3) is 0.308. The normalized spacial score (nSPS) is 10.9. The number of nitrogens with one attached hydrogen (secondary N) is 1. The second-order valence-electron chi connectivity index (χ2n) is 4.13. The van der Waals surface area contributed by atoms with Crippen LogP contribution in [-0.2, 0) is 0 Å². The van der Waals surface area contributed by atoms with Crippen molar-refractivity contribution < 1.29 is 0 Å². The van der Waals surface area contributed by atoms with Crippen LogP contribution < -0.4 is 5.32 Å². The van der Waals surface area contributed by atoms with Crippen molar-refractivity contribution >= 4 is 16.6 Å². The topological polar surface area (TPSA) is 24.9 Å². The van der Waals surface area contributed by atoms with Gasteiger partial charge < -0.3 is 5.32 Å². The van der Waals surface area contributed by atoms with E-state index >= 15 is 0 Å². The van der Waals surface area contributed by atoms with Crippen molar-refractivity contribution in [3.05, 3.63) is 36.0 Å². The lowest BCUT2D eigenvalue weighted by Crippen LogP contribution is -2.10. The maximum Gasteiger partial charge on any atom is 0.0751 e.